The number of likely N-dealkylation sites (N-methyl/N-ethyl adjacent to an activating group) is 1. The average molecular weight is 321 g/mol. The van der Waals surface area contributed by atoms with Crippen LogP contribution in [-0.4, -0.2) is 46.6 Å². The van der Waals surface area contributed by atoms with Crippen LogP contribution in [0.5, 0.6) is 0 Å². The summed E-state index contributed by atoms with van der Waals surface area (Å²) in [7, 11) is 3.93. The van der Waals surface area contributed by atoms with Crippen molar-refractivity contribution in [1.82, 2.24) is 14.9 Å². The van der Waals surface area contributed by atoms with Gasteiger partial charge in [-0.15, -0.1) is 0 Å². The zero-order valence-electron chi connectivity index (χ0n) is 12.3. The summed E-state index contributed by atoms with van der Waals surface area (Å²) in [6.07, 6.45) is 2.63. The quantitative estimate of drug-likeness (QED) is 0.851. The fraction of sp³-hybridized carbons (Fsp3) is 0.267. The van der Waals surface area contributed by atoms with Gasteiger partial charge in [0.1, 0.15) is 5.82 Å². The van der Waals surface area contributed by atoms with Crippen LogP contribution in [-0.2, 0) is 0 Å². The molecule has 0 amide bonds. The molecule has 0 aliphatic carbocycles. The second-order valence-electron chi connectivity index (χ2n) is 4.97. The van der Waals surface area contributed by atoms with Gasteiger partial charge in [-0.2, -0.15) is 0 Å². The predicted molar refractivity (Wildman–Crippen MR) is 85.4 cm³/mol. The number of aromatic nitrogens is 2. The maximum Gasteiger partial charge on any atom is 0.356 e. The number of carboxylic acids is 1. The number of hydrogen-bond acceptors (Lipinski definition) is 5. The molecule has 1 aromatic heterocycles. The number of nitrogens with zero attached hydrogens (tertiary/aromatic N) is 3. The van der Waals surface area contributed by atoms with Crippen molar-refractivity contribution in [2.24, 2.45) is 0 Å². The van der Waals surface area contributed by atoms with Crippen molar-refractivity contribution in [3.05, 3.63) is 52.9 Å². The molecule has 6 nitrogen and oxygen atoms in total. The van der Waals surface area contributed by atoms with Crippen molar-refractivity contribution < 1.29 is 9.90 Å². The van der Waals surface area contributed by atoms with Crippen LogP contribution in [0.1, 0.15) is 22.1 Å². The van der Waals surface area contributed by atoms with Crippen LogP contribution in [0.4, 0.5) is 5.82 Å². The minimum absolute atomic E-state index is 0.0506. The first kappa shape index (κ1) is 16.2. The number of hydrogen-bond donors (Lipinski definition) is 2. The van der Waals surface area contributed by atoms with E-state index in [-0.39, 0.29) is 11.7 Å². The summed E-state index contributed by atoms with van der Waals surface area (Å²) in [6, 6.07) is 7.72. The lowest BCUT2D eigenvalue weighted by atomic mass is 10.1. The van der Waals surface area contributed by atoms with Gasteiger partial charge in [0.2, 0.25) is 0 Å². The van der Waals surface area contributed by atoms with Crippen LogP contribution in [0, 0.1) is 0 Å². The Morgan fingerprint density at radius 1 is 1.32 bits per heavy atom. The molecule has 0 radical (unpaired) electrons. The number of carbonyl (C=O) groups is 1. The number of aromatic carboxylic acids is 1. The fourth-order valence-corrected chi connectivity index (χ4v) is 2.31. The van der Waals surface area contributed by atoms with Gasteiger partial charge in [0.15, 0.2) is 5.69 Å². The lowest BCUT2D eigenvalue weighted by Gasteiger charge is -2.26. The molecule has 2 N–H and O–H groups in total. The van der Waals surface area contributed by atoms with E-state index in [1.54, 1.807) is 0 Å². The Labute approximate surface area is 133 Å². The number of carboxylic acid groups (broad SMARTS) is 1. The van der Waals surface area contributed by atoms with E-state index in [9.17, 15) is 4.79 Å². The summed E-state index contributed by atoms with van der Waals surface area (Å²) in [5.41, 5.74) is 0.928. The molecule has 2 rings (SSSR count). The molecule has 1 heterocycles. The summed E-state index contributed by atoms with van der Waals surface area (Å²) in [5.74, 6) is -0.579. The van der Waals surface area contributed by atoms with Crippen LogP contribution in [0.25, 0.3) is 0 Å². The van der Waals surface area contributed by atoms with Crippen molar-refractivity contribution in [1.29, 1.82) is 0 Å². The van der Waals surface area contributed by atoms with E-state index in [4.69, 9.17) is 16.7 Å². The molecule has 0 aliphatic rings. The number of nitrogens with one attached hydrogen (secondary N) is 1. The van der Waals surface area contributed by atoms with E-state index < -0.39 is 5.97 Å². The minimum atomic E-state index is -1.10. The van der Waals surface area contributed by atoms with E-state index in [2.05, 4.69) is 15.3 Å². The first-order chi connectivity index (χ1) is 10.5. The standard InChI is InChI=1S/C15H17ClN4O2/c1-20(2)13(10-5-3-4-6-11(10)16)8-19-14-9-17-12(7-18-14)15(21)22/h3-7,9,13H,8H2,1-2H3,(H,18,19)(H,21,22). The number of halogens is 1. The predicted octanol–water partition coefficient (Wildman–Crippen LogP) is 2.54. The summed E-state index contributed by atoms with van der Waals surface area (Å²) < 4.78 is 0. The zero-order chi connectivity index (χ0) is 16.1. The maximum atomic E-state index is 10.7. The molecular weight excluding hydrogens is 304 g/mol. The van der Waals surface area contributed by atoms with Crippen LogP contribution >= 0.6 is 11.6 Å². The third-order valence-corrected chi connectivity index (χ3v) is 3.58. The van der Waals surface area contributed by atoms with Gasteiger partial charge < -0.3 is 15.3 Å². The van der Waals surface area contributed by atoms with Crippen LogP contribution in [0.15, 0.2) is 36.7 Å². The highest BCUT2D eigenvalue weighted by Crippen LogP contribution is 2.26. The molecular formula is C15H17ClN4O2. The molecule has 1 aromatic carbocycles. The molecule has 116 valence electrons. The second kappa shape index (κ2) is 7.20. The van der Waals surface area contributed by atoms with Crippen LogP contribution in [0.2, 0.25) is 5.02 Å². The van der Waals surface area contributed by atoms with Crippen molar-refractivity contribution in [3.8, 4) is 0 Å². The van der Waals surface area contributed by atoms with Crippen LogP contribution < -0.4 is 5.32 Å². The summed E-state index contributed by atoms with van der Waals surface area (Å²) >= 11 is 6.25. The van der Waals surface area contributed by atoms with E-state index in [0.29, 0.717) is 17.4 Å². The van der Waals surface area contributed by atoms with E-state index >= 15 is 0 Å². The maximum absolute atomic E-state index is 10.7. The number of rotatable bonds is 6. The van der Waals surface area contributed by atoms with Gasteiger partial charge in [-0.25, -0.2) is 14.8 Å². The Balaban J connectivity index is 2.09. The monoisotopic (exact) mass is 320 g/mol. The Bertz CT molecular complexity index is 646. The largest absolute Gasteiger partial charge is 0.476 e. The molecule has 0 saturated carbocycles. The van der Waals surface area contributed by atoms with Gasteiger partial charge in [0.25, 0.3) is 0 Å². The highest BCUT2D eigenvalue weighted by atomic mass is 35.5. The second-order valence-corrected chi connectivity index (χ2v) is 5.38. The molecule has 7 heteroatoms. The number of anilines is 1. The molecule has 2 aromatic rings. The normalized spacial score (nSPS) is 12.2. The van der Waals surface area contributed by atoms with Gasteiger partial charge in [-0.05, 0) is 25.7 Å². The first-order valence-corrected chi connectivity index (χ1v) is 7.07. The van der Waals surface area contributed by atoms with E-state index in [0.717, 1.165) is 5.56 Å². The van der Waals surface area contributed by atoms with E-state index in [1.165, 1.54) is 12.4 Å². The molecule has 0 fully saturated rings. The lowest BCUT2D eigenvalue weighted by Crippen LogP contribution is -2.27. The smallest absolute Gasteiger partial charge is 0.356 e. The average Bonchev–Trinajstić information content (AvgIpc) is 2.49. The third kappa shape index (κ3) is 3.93. The number of benzene rings is 1. The molecule has 22 heavy (non-hydrogen) atoms. The van der Waals surface area contributed by atoms with E-state index in [1.807, 2.05) is 43.3 Å². The summed E-state index contributed by atoms with van der Waals surface area (Å²) in [6.45, 7) is 0.567. The van der Waals surface area contributed by atoms with Gasteiger partial charge in [-0.3, -0.25) is 0 Å². The molecule has 0 bridgehead atoms. The topological polar surface area (TPSA) is 78.4 Å². The highest BCUT2D eigenvalue weighted by molar-refractivity contribution is 6.31. The van der Waals surface area contributed by atoms with Gasteiger partial charge in [0.05, 0.1) is 18.4 Å². The molecule has 0 saturated heterocycles. The molecule has 0 aliphatic heterocycles. The molecule has 1 atom stereocenters. The van der Waals surface area contributed by atoms with Gasteiger partial charge >= 0.3 is 5.97 Å². The fourth-order valence-electron chi connectivity index (χ4n) is 2.05. The molecule has 0 spiro atoms. The van der Waals surface area contributed by atoms with Crippen molar-refractivity contribution >= 4 is 23.4 Å². The highest BCUT2D eigenvalue weighted by Gasteiger charge is 2.17. The van der Waals surface area contributed by atoms with Crippen molar-refractivity contribution in [2.45, 2.75) is 6.04 Å². The third-order valence-electron chi connectivity index (χ3n) is 3.24. The van der Waals surface area contributed by atoms with Crippen molar-refractivity contribution in [3.63, 3.8) is 0 Å². The SMILES string of the molecule is CN(C)C(CNc1cnc(C(=O)O)cn1)c1ccccc1Cl. The van der Waals surface area contributed by atoms with Crippen molar-refractivity contribution in [2.75, 3.05) is 26.0 Å². The Hall–Kier alpha value is -2.18. The van der Waals surface area contributed by atoms with Gasteiger partial charge in [-0.1, -0.05) is 29.8 Å². The lowest BCUT2D eigenvalue weighted by molar-refractivity contribution is 0.0690. The first-order valence-electron chi connectivity index (χ1n) is 6.69. The molecule has 1 unspecified atom stereocenters. The summed E-state index contributed by atoms with van der Waals surface area (Å²) in [4.78, 5) is 20.7. The Morgan fingerprint density at radius 3 is 2.59 bits per heavy atom. The van der Waals surface area contributed by atoms with Crippen LogP contribution in [0.3, 0.4) is 0 Å². The minimum Gasteiger partial charge on any atom is -0.476 e. The zero-order valence-corrected chi connectivity index (χ0v) is 13.1. The Morgan fingerprint density at radius 2 is 2.05 bits per heavy atom. The van der Waals surface area contributed by atoms with Gasteiger partial charge in [0, 0.05) is 11.6 Å². The Kier molecular flexibility index (Phi) is 5.30. The summed E-state index contributed by atoms with van der Waals surface area (Å²) in [5, 5.41) is 12.7.